The van der Waals surface area contributed by atoms with Gasteiger partial charge in [-0.25, -0.2) is 9.78 Å². The largest absolute Gasteiger partial charge is 0.477 e. The summed E-state index contributed by atoms with van der Waals surface area (Å²) in [5, 5.41) is 8.88. The molecule has 0 aliphatic carbocycles. The minimum absolute atomic E-state index is 0.151. The van der Waals surface area contributed by atoms with E-state index >= 15 is 0 Å². The fourth-order valence-corrected chi connectivity index (χ4v) is 2.39. The highest BCUT2D eigenvalue weighted by atomic mass is 16.4. The summed E-state index contributed by atoms with van der Waals surface area (Å²) in [6.07, 6.45) is 14.3. The maximum atomic E-state index is 10.8. The topological polar surface area (TPSA) is 50.2 Å². The molecule has 1 aromatic rings. The average Bonchev–Trinajstić information content (AvgIpc) is 2.46. The van der Waals surface area contributed by atoms with Crippen molar-refractivity contribution in [3.8, 4) is 0 Å². The van der Waals surface area contributed by atoms with Gasteiger partial charge in [-0.2, -0.15) is 0 Å². The average molecular weight is 277 g/mol. The Balaban J connectivity index is 2.06. The Morgan fingerprint density at radius 3 is 2.25 bits per heavy atom. The summed E-state index contributed by atoms with van der Waals surface area (Å²) in [6.45, 7) is 2.24. The number of aromatic carboxylic acids is 1. The quantitative estimate of drug-likeness (QED) is 0.588. The second kappa shape index (κ2) is 10.4. The van der Waals surface area contributed by atoms with Crippen LogP contribution in [-0.2, 0) is 6.42 Å². The lowest BCUT2D eigenvalue weighted by Crippen LogP contribution is -2.00. The lowest BCUT2D eigenvalue weighted by atomic mass is 10.0. The fourth-order valence-electron chi connectivity index (χ4n) is 2.39. The molecule has 0 spiro atoms. The van der Waals surface area contributed by atoms with Crippen LogP contribution in [0.15, 0.2) is 18.3 Å². The molecule has 3 heteroatoms. The van der Waals surface area contributed by atoms with Crippen molar-refractivity contribution in [2.75, 3.05) is 0 Å². The first-order chi connectivity index (χ1) is 9.74. The van der Waals surface area contributed by atoms with Crippen LogP contribution in [0.5, 0.6) is 0 Å². The minimum atomic E-state index is -0.945. The van der Waals surface area contributed by atoms with Crippen LogP contribution >= 0.6 is 0 Å². The molecule has 0 saturated carbocycles. The van der Waals surface area contributed by atoms with Crippen molar-refractivity contribution in [2.45, 2.75) is 71.1 Å². The van der Waals surface area contributed by atoms with Crippen LogP contribution in [0.1, 0.15) is 80.8 Å². The number of unbranched alkanes of at least 4 members (excludes halogenated alkanes) is 8. The molecule has 1 N–H and O–H groups in total. The highest BCUT2D eigenvalue weighted by molar-refractivity contribution is 5.85. The summed E-state index contributed by atoms with van der Waals surface area (Å²) in [6, 6.07) is 3.60. The molecule has 0 fully saturated rings. The highest BCUT2D eigenvalue weighted by Crippen LogP contribution is 2.12. The van der Waals surface area contributed by atoms with Gasteiger partial charge in [0.1, 0.15) is 5.69 Å². The van der Waals surface area contributed by atoms with Gasteiger partial charge in [-0.15, -0.1) is 0 Å². The summed E-state index contributed by atoms with van der Waals surface area (Å²) in [5.41, 5.74) is 1.23. The van der Waals surface area contributed by atoms with Gasteiger partial charge in [0.25, 0.3) is 0 Å². The summed E-state index contributed by atoms with van der Waals surface area (Å²) in [4.78, 5) is 14.6. The third-order valence-electron chi connectivity index (χ3n) is 3.61. The lowest BCUT2D eigenvalue weighted by Gasteiger charge is -2.03. The van der Waals surface area contributed by atoms with E-state index in [4.69, 9.17) is 5.11 Å². The Morgan fingerprint density at radius 1 is 1.05 bits per heavy atom. The molecule has 1 heterocycles. The maximum absolute atomic E-state index is 10.8. The molecule has 0 aliphatic rings. The SMILES string of the molecule is CCCCCCCCCCCc1ccnc(C(=O)O)c1. The number of carboxylic acid groups (broad SMARTS) is 1. The first-order valence-electron chi connectivity index (χ1n) is 7.92. The molecule has 1 aromatic heterocycles. The van der Waals surface area contributed by atoms with Gasteiger partial charge in [0.05, 0.1) is 0 Å². The van der Waals surface area contributed by atoms with Crippen molar-refractivity contribution in [1.29, 1.82) is 0 Å². The summed E-state index contributed by atoms with van der Waals surface area (Å²) in [5.74, 6) is -0.945. The smallest absolute Gasteiger partial charge is 0.354 e. The standard InChI is InChI=1S/C17H27NO2/c1-2-3-4-5-6-7-8-9-10-11-15-12-13-18-16(14-15)17(19)20/h12-14H,2-11H2,1H3,(H,19,20). The minimum Gasteiger partial charge on any atom is -0.477 e. The number of hydrogen-bond acceptors (Lipinski definition) is 2. The van der Waals surface area contributed by atoms with Crippen molar-refractivity contribution in [3.63, 3.8) is 0 Å². The molecule has 20 heavy (non-hydrogen) atoms. The van der Waals surface area contributed by atoms with E-state index in [1.807, 2.05) is 6.07 Å². The number of hydrogen-bond donors (Lipinski definition) is 1. The van der Waals surface area contributed by atoms with Gasteiger partial charge in [0, 0.05) is 6.20 Å². The predicted octanol–water partition coefficient (Wildman–Crippen LogP) is 4.85. The Morgan fingerprint density at radius 2 is 1.65 bits per heavy atom. The van der Waals surface area contributed by atoms with Crippen molar-refractivity contribution in [3.05, 3.63) is 29.6 Å². The number of aromatic nitrogens is 1. The van der Waals surface area contributed by atoms with E-state index in [9.17, 15) is 4.79 Å². The van der Waals surface area contributed by atoms with Gasteiger partial charge in [-0.1, -0.05) is 58.3 Å². The summed E-state index contributed by atoms with van der Waals surface area (Å²) in [7, 11) is 0. The lowest BCUT2D eigenvalue weighted by molar-refractivity contribution is 0.0690. The molecule has 0 aliphatic heterocycles. The van der Waals surface area contributed by atoms with Crippen LogP contribution < -0.4 is 0 Å². The van der Waals surface area contributed by atoms with E-state index in [1.54, 1.807) is 12.3 Å². The van der Waals surface area contributed by atoms with Crippen molar-refractivity contribution in [2.24, 2.45) is 0 Å². The second-order valence-electron chi connectivity index (χ2n) is 5.43. The normalized spacial score (nSPS) is 10.7. The van der Waals surface area contributed by atoms with Crippen LogP contribution in [0.4, 0.5) is 0 Å². The van der Waals surface area contributed by atoms with Crippen LogP contribution in [0.25, 0.3) is 0 Å². The molecule has 0 amide bonds. The Labute approximate surface area is 122 Å². The summed E-state index contributed by atoms with van der Waals surface area (Å²) >= 11 is 0. The van der Waals surface area contributed by atoms with E-state index in [0.717, 1.165) is 18.4 Å². The van der Waals surface area contributed by atoms with E-state index in [-0.39, 0.29) is 5.69 Å². The molecule has 0 aromatic carbocycles. The van der Waals surface area contributed by atoms with E-state index in [2.05, 4.69) is 11.9 Å². The Hall–Kier alpha value is -1.38. The molecular formula is C17H27NO2. The number of carbonyl (C=O) groups is 1. The van der Waals surface area contributed by atoms with Gasteiger partial charge in [-0.05, 0) is 30.5 Å². The van der Waals surface area contributed by atoms with Gasteiger partial charge in [0.2, 0.25) is 0 Å². The zero-order chi connectivity index (χ0) is 14.6. The molecule has 3 nitrogen and oxygen atoms in total. The number of pyridine rings is 1. The number of carboxylic acids is 1. The molecule has 112 valence electrons. The first-order valence-corrected chi connectivity index (χ1v) is 7.92. The summed E-state index contributed by atoms with van der Waals surface area (Å²) < 4.78 is 0. The maximum Gasteiger partial charge on any atom is 0.354 e. The Kier molecular flexibility index (Phi) is 8.68. The second-order valence-corrected chi connectivity index (χ2v) is 5.43. The Bertz CT molecular complexity index is 390. The number of nitrogens with zero attached hydrogens (tertiary/aromatic N) is 1. The molecule has 1 rings (SSSR count). The number of aryl methyl sites for hydroxylation is 1. The molecular weight excluding hydrogens is 250 g/mol. The van der Waals surface area contributed by atoms with E-state index in [0.29, 0.717) is 0 Å². The zero-order valence-corrected chi connectivity index (χ0v) is 12.6. The van der Waals surface area contributed by atoms with Crippen molar-refractivity contribution >= 4 is 5.97 Å². The first kappa shape index (κ1) is 16.7. The van der Waals surface area contributed by atoms with Crippen LogP contribution in [0.2, 0.25) is 0 Å². The van der Waals surface area contributed by atoms with E-state index < -0.39 is 5.97 Å². The van der Waals surface area contributed by atoms with Gasteiger partial charge < -0.3 is 5.11 Å². The van der Waals surface area contributed by atoms with Gasteiger partial charge in [0.15, 0.2) is 0 Å². The highest BCUT2D eigenvalue weighted by Gasteiger charge is 2.04. The van der Waals surface area contributed by atoms with Crippen LogP contribution in [-0.4, -0.2) is 16.1 Å². The molecule has 0 unspecified atom stereocenters. The van der Waals surface area contributed by atoms with Crippen LogP contribution in [0.3, 0.4) is 0 Å². The third-order valence-corrected chi connectivity index (χ3v) is 3.61. The zero-order valence-electron chi connectivity index (χ0n) is 12.6. The molecule has 0 radical (unpaired) electrons. The van der Waals surface area contributed by atoms with Crippen molar-refractivity contribution in [1.82, 2.24) is 4.98 Å². The molecule has 0 atom stereocenters. The predicted molar refractivity (Wildman–Crippen MR) is 82.1 cm³/mol. The van der Waals surface area contributed by atoms with Gasteiger partial charge in [-0.3, -0.25) is 0 Å². The third kappa shape index (κ3) is 7.27. The van der Waals surface area contributed by atoms with Crippen molar-refractivity contribution < 1.29 is 9.90 Å². The molecule has 0 bridgehead atoms. The van der Waals surface area contributed by atoms with Crippen LogP contribution in [0, 0.1) is 0 Å². The number of rotatable bonds is 11. The fraction of sp³-hybridized carbons (Fsp3) is 0.647. The monoisotopic (exact) mass is 277 g/mol. The van der Waals surface area contributed by atoms with Gasteiger partial charge >= 0.3 is 5.97 Å². The molecule has 0 saturated heterocycles. The van der Waals surface area contributed by atoms with E-state index in [1.165, 1.54) is 51.4 Å².